The van der Waals surface area contributed by atoms with Gasteiger partial charge in [0.25, 0.3) is 0 Å². The number of ether oxygens (including phenoxy) is 1. The zero-order valence-corrected chi connectivity index (χ0v) is 11.2. The van der Waals surface area contributed by atoms with E-state index in [2.05, 4.69) is 32.6 Å². The summed E-state index contributed by atoms with van der Waals surface area (Å²) in [5, 5.41) is 0. The van der Waals surface area contributed by atoms with Crippen molar-refractivity contribution in [3.63, 3.8) is 0 Å². The van der Waals surface area contributed by atoms with Crippen molar-refractivity contribution in [2.75, 3.05) is 19.0 Å². The van der Waals surface area contributed by atoms with Crippen LogP contribution >= 0.6 is 11.6 Å². The van der Waals surface area contributed by atoms with E-state index in [0.29, 0.717) is 18.0 Å². The van der Waals surface area contributed by atoms with Gasteiger partial charge in [0.15, 0.2) is 0 Å². The molecule has 1 fully saturated rings. The van der Waals surface area contributed by atoms with Crippen LogP contribution in [0.3, 0.4) is 0 Å². The number of halogens is 1. The molecule has 0 aliphatic carbocycles. The number of rotatable bonds is 5. The smallest absolute Gasteiger partial charge is 0.0710 e. The van der Waals surface area contributed by atoms with Crippen LogP contribution in [0.5, 0.6) is 0 Å². The molecule has 2 nitrogen and oxygen atoms in total. The third-order valence-electron chi connectivity index (χ3n) is 3.09. The highest BCUT2D eigenvalue weighted by Crippen LogP contribution is 2.29. The molecule has 1 aliphatic rings. The first-order valence-corrected chi connectivity index (χ1v) is 6.46. The Balaban J connectivity index is 2.39. The van der Waals surface area contributed by atoms with Crippen molar-refractivity contribution in [2.24, 2.45) is 0 Å². The lowest BCUT2D eigenvalue weighted by Crippen LogP contribution is -2.39. The molecule has 1 unspecified atom stereocenters. The normalized spacial score (nSPS) is 25.4. The van der Waals surface area contributed by atoms with Crippen LogP contribution in [0.1, 0.15) is 40.5 Å². The molecule has 0 aromatic rings. The second-order valence-electron chi connectivity index (χ2n) is 5.32. The fourth-order valence-electron chi connectivity index (χ4n) is 2.14. The van der Waals surface area contributed by atoms with Gasteiger partial charge in [-0.15, -0.1) is 11.6 Å². The van der Waals surface area contributed by atoms with Crippen molar-refractivity contribution in [3.05, 3.63) is 0 Å². The van der Waals surface area contributed by atoms with E-state index in [1.807, 2.05) is 0 Å². The molecule has 1 saturated heterocycles. The van der Waals surface area contributed by atoms with E-state index in [4.69, 9.17) is 16.3 Å². The summed E-state index contributed by atoms with van der Waals surface area (Å²) in [6.45, 7) is 10.8. The topological polar surface area (TPSA) is 12.5 Å². The van der Waals surface area contributed by atoms with E-state index in [0.717, 1.165) is 13.1 Å². The molecule has 1 heterocycles. The number of hydrogen-bond donors (Lipinski definition) is 0. The van der Waals surface area contributed by atoms with Crippen LogP contribution in [-0.2, 0) is 4.74 Å². The Bertz CT molecular complexity index is 194. The van der Waals surface area contributed by atoms with E-state index in [-0.39, 0.29) is 5.60 Å². The van der Waals surface area contributed by atoms with Crippen LogP contribution in [0.15, 0.2) is 0 Å². The van der Waals surface area contributed by atoms with Crippen molar-refractivity contribution >= 4 is 11.6 Å². The zero-order valence-electron chi connectivity index (χ0n) is 10.4. The summed E-state index contributed by atoms with van der Waals surface area (Å²) in [5.41, 5.74) is 0.0777. The monoisotopic (exact) mass is 233 g/mol. The minimum atomic E-state index is 0.0777. The molecular formula is C12H24ClNO. The van der Waals surface area contributed by atoms with E-state index in [1.165, 1.54) is 12.8 Å². The van der Waals surface area contributed by atoms with Gasteiger partial charge in [-0.05, 0) is 40.5 Å². The molecule has 1 aliphatic heterocycles. The molecule has 90 valence electrons. The molecule has 15 heavy (non-hydrogen) atoms. The number of nitrogens with zero attached hydrogens (tertiary/aromatic N) is 1. The maximum absolute atomic E-state index is 5.99. The zero-order chi connectivity index (χ0) is 11.5. The van der Waals surface area contributed by atoms with Crippen LogP contribution < -0.4 is 0 Å². The van der Waals surface area contributed by atoms with Gasteiger partial charge in [-0.3, -0.25) is 4.90 Å². The van der Waals surface area contributed by atoms with Gasteiger partial charge in [0.1, 0.15) is 0 Å². The molecule has 1 rings (SSSR count). The summed E-state index contributed by atoms with van der Waals surface area (Å²) < 4.78 is 5.99. The fraction of sp³-hybridized carbons (Fsp3) is 1.00. The van der Waals surface area contributed by atoms with Crippen molar-refractivity contribution in [1.29, 1.82) is 0 Å². The standard InChI is InChI=1S/C12H24ClNO/c1-10(2)14(8-7-13)9-11-5-6-12(3,4)15-11/h10-11H,5-9H2,1-4H3. The average molecular weight is 234 g/mol. The molecule has 1 atom stereocenters. The summed E-state index contributed by atoms with van der Waals surface area (Å²) in [7, 11) is 0. The van der Waals surface area contributed by atoms with Crippen molar-refractivity contribution in [2.45, 2.75) is 58.3 Å². The van der Waals surface area contributed by atoms with Gasteiger partial charge in [-0.25, -0.2) is 0 Å². The first-order valence-electron chi connectivity index (χ1n) is 5.92. The summed E-state index contributed by atoms with van der Waals surface area (Å²) in [5.74, 6) is 0.703. The maximum atomic E-state index is 5.99. The molecule has 0 aromatic heterocycles. The summed E-state index contributed by atoms with van der Waals surface area (Å²) in [6.07, 6.45) is 2.74. The summed E-state index contributed by atoms with van der Waals surface area (Å²) in [6, 6.07) is 0.552. The Kier molecular flexibility index (Phi) is 4.88. The Labute approximate surface area is 98.9 Å². The minimum Gasteiger partial charge on any atom is -0.371 e. The van der Waals surface area contributed by atoms with E-state index < -0.39 is 0 Å². The maximum Gasteiger partial charge on any atom is 0.0710 e. The average Bonchev–Trinajstić information content (AvgIpc) is 2.44. The largest absolute Gasteiger partial charge is 0.371 e. The lowest BCUT2D eigenvalue weighted by Gasteiger charge is -2.29. The van der Waals surface area contributed by atoms with E-state index >= 15 is 0 Å². The Morgan fingerprint density at radius 3 is 2.53 bits per heavy atom. The predicted octanol–water partition coefficient (Wildman–Crippen LogP) is 2.89. The van der Waals surface area contributed by atoms with Crippen molar-refractivity contribution in [3.8, 4) is 0 Å². The predicted molar refractivity (Wildman–Crippen MR) is 65.6 cm³/mol. The highest BCUT2D eigenvalue weighted by atomic mass is 35.5. The first-order chi connectivity index (χ1) is 6.94. The third-order valence-corrected chi connectivity index (χ3v) is 3.26. The number of alkyl halides is 1. The summed E-state index contributed by atoms with van der Waals surface area (Å²) >= 11 is 5.80. The van der Waals surface area contributed by atoms with E-state index in [1.54, 1.807) is 0 Å². The lowest BCUT2D eigenvalue weighted by atomic mass is 10.1. The summed E-state index contributed by atoms with van der Waals surface area (Å²) in [4.78, 5) is 2.40. The van der Waals surface area contributed by atoms with Gasteiger partial charge in [0.2, 0.25) is 0 Å². The second-order valence-corrected chi connectivity index (χ2v) is 5.69. The van der Waals surface area contributed by atoms with Crippen LogP contribution in [0.25, 0.3) is 0 Å². The molecule has 0 saturated carbocycles. The molecule has 0 bridgehead atoms. The van der Waals surface area contributed by atoms with Gasteiger partial charge in [0, 0.05) is 25.0 Å². The molecule has 0 spiro atoms. The number of hydrogen-bond acceptors (Lipinski definition) is 2. The minimum absolute atomic E-state index is 0.0777. The van der Waals surface area contributed by atoms with E-state index in [9.17, 15) is 0 Å². The van der Waals surface area contributed by atoms with Gasteiger partial charge < -0.3 is 4.74 Å². The molecule has 0 amide bonds. The fourth-order valence-corrected chi connectivity index (χ4v) is 2.35. The van der Waals surface area contributed by atoms with Gasteiger partial charge in [-0.1, -0.05) is 0 Å². The van der Waals surface area contributed by atoms with Crippen LogP contribution in [0, 0.1) is 0 Å². The Morgan fingerprint density at radius 2 is 2.13 bits per heavy atom. The molecule has 0 N–H and O–H groups in total. The lowest BCUT2D eigenvalue weighted by molar-refractivity contribution is -0.0313. The Hall–Kier alpha value is 0.210. The molecular weight excluding hydrogens is 210 g/mol. The quantitative estimate of drug-likeness (QED) is 0.678. The third kappa shape index (κ3) is 4.29. The van der Waals surface area contributed by atoms with Gasteiger partial charge in [0.05, 0.1) is 11.7 Å². The SMILES string of the molecule is CC(C)N(CCCl)CC1CCC(C)(C)O1. The van der Waals surface area contributed by atoms with Gasteiger partial charge >= 0.3 is 0 Å². The molecule has 0 radical (unpaired) electrons. The molecule has 0 aromatic carbocycles. The first kappa shape index (κ1) is 13.3. The van der Waals surface area contributed by atoms with Crippen molar-refractivity contribution in [1.82, 2.24) is 4.90 Å². The van der Waals surface area contributed by atoms with Crippen LogP contribution in [0.2, 0.25) is 0 Å². The van der Waals surface area contributed by atoms with Crippen LogP contribution in [0.4, 0.5) is 0 Å². The second kappa shape index (κ2) is 5.51. The van der Waals surface area contributed by atoms with Gasteiger partial charge in [-0.2, -0.15) is 0 Å². The van der Waals surface area contributed by atoms with Crippen molar-refractivity contribution < 1.29 is 4.74 Å². The molecule has 3 heteroatoms. The highest BCUT2D eigenvalue weighted by Gasteiger charge is 2.32. The van der Waals surface area contributed by atoms with Crippen LogP contribution in [-0.4, -0.2) is 41.6 Å². The highest BCUT2D eigenvalue weighted by molar-refractivity contribution is 6.18. The Morgan fingerprint density at radius 1 is 1.47 bits per heavy atom.